The SMILES string of the molecule is Cc1cccc(-c2nc3ccccc3n2CC(=O)NC2CCCC2)c1. The summed E-state index contributed by atoms with van der Waals surface area (Å²) < 4.78 is 2.04. The second-order valence-electron chi connectivity index (χ2n) is 6.93. The number of fused-ring (bicyclic) bond motifs is 1. The number of para-hydroxylation sites is 2. The normalized spacial score (nSPS) is 14.9. The fraction of sp³-hybridized carbons (Fsp3) is 0.333. The number of hydrogen-bond donors (Lipinski definition) is 1. The van der Waals surface area contributed by atoms with Crippen molar-refractivity contribution in [2.24, 2.45) is 0 Å². The van der Waals surface area contributed by atoms with Crippen LogP contribution in [-0.2, 0) is 11.3 Å². The Morgan fingerprint density at radius 2 is 1.96 bits per heavy atom. The minimum Gasteiger partial charge on any atom is -0.352 e. The third-order valence-corrected chi connectivity index (χ3v) is 4.95. The molecule has 0 unspecified atom stereocenters. The molecule has 0 atom stereocenters. The maximum absolute atomic E-state index is 12.6. The number of benzene rings is 2. The average molecular weight is 333 g/mol. The van der Waals surface area contributed by atoms with E-state index in [1.165, 1.54) is 18.4 Å². The molecule has 1 aromatic heterocycles. The Kier molecular flexibility index (Phi) is 4.26. The summed E-state index contributed by atoms with van der Waals surface area (Å²) in [6.07, 6.45) is 4.63. The van der Waals surface area contributed by atoms with Gasteiger partial charge in [-0.05, 0) is 38.0 Å². The van der Waals surface area contributed by atoms with Crippen LogP contribution in [0.25, 0.3) is 22.4 Å². The molecular formula is C21H23N3O. The molecule has 1 N–H and O–H groups in total. The highest BCUT2D eigenvalue weighted by Gasteiger charge is 2.19. The van der Waals surface area contributed by atoms with Crippen LogP contribution in [0, 0.1) is 6.92 Å². The van der Waals surface area contributed by atoms with Crippen molar-refractivity contribution >= 4 is 16.9 Å². The Hall–Kier alpha value is -2.62. The van der Waals surface area contributed by atoms with Crippen LogP contribution in [0.2, 0.25) is 0 Å². The third kappa shape index (κ3) is 3.29. The first-order chi connectivity index (χ1) is 12.2. The molecule has 1 aliphatic carbocycles. The van der Waals surface area contributed by atoms with E-state index in [0.29, 0.717) is 12.6 Å². The van der Waals surface area contributed by atoms with E-state index >= 15 is 0 Å². The van der Waals surface area contributed by atoms with Gasteiger partial charge < -0.3 is 9.88 Å². The summed E-state index contributed by atoms with van der Waals surface area (Å²) in [5.74, 6) is 0.926. The van der Waals surface area contributed by atoms with E-state index in [-0.39, 0.29) is 5.91 Å². The van der Waals surface area contributed by atoms with Crippen molar-refractivity contribution in [2.45, 2.75) is 45.2 Å². The quantitative estimate of drug-likeness (QED) is 0.782. The average Bonchev–Trinajstić information content (AvgIpc) is 3.23. The lowest BCUT2D eigenvalue weighted by Crippen LogP contribution is -2.35. The summed E-state index contributed by atoms with van der Waals surface area (Å²) in [6, 6.07) is 16.6. The van der Waals surface area contributed by atoms with Gasteiger partial charge in [0.25, 0.3) is 0 Å². The predicted octanol–water partition coefficient (Wildman–Crippen LogP) is 4.07. The Morgan fingerprint density at radius 1 is 1.16 bits per heavy atom. The van der Waals surface area contributed by atoms with Gasteiger partial charge in [-0.25, -0.2) is 4.98 Å². The number of rotatable bonds is 4. The van der Waals surface area contributed by atoms with Gasteiger partial charge in [-0.2, -0.15) is 0 Å². The first-order valence-electron chi connectivity index (χ1n) is 9.02. The van der Waals surface area contributed by atoms with Crippen molar-refractivity contribution in [1.82, 2.24) is 14.9 Å². The van der Waals surface area contributed by atoms with Crippen molar-refractivity contribution in [1.29, 1.82) is 0 Å². The highest BCUT2D eigenvalue weighted by molar-refractivity contribution is 5.84. The zero-order valence-electron chi connectivity index (χ0n) is 14.5. The van der Waals surface area contributed by atoms with E-state index in [1.54, 1.807) is 0 Å². The minimum atomic E-state index is 0.0731. The highest BCUT2D eigenvalue weighted by atomic mass is 16.2. The van der Waals surface area contributed by atoms with E-state index < -0.39 is 0 Å². The molecule has 3 aromatic rings. The van der Waals surface area contributed by atoms with E-state index in [9.17, 15) is 4.79 Å². The molecule has 1 aliphatic rings. The number of imidazole rings is 1. The molecule has 0 saturated heterocycles. The van der Waals surface area contributed by atoms with Crippen molar-refractivity contribution in [3.05, 3.63) is 54.1 Å². The standard InChI is InChI=1S/C21H23N3O/c1-15-7-6-8-16(13-15)21-23-18-11-4-5-12-19(18)24(21)14-20(25)22-17-9-2-3-10-17/h4-8,11-13,17H,2-3,9-10,14H2,1H3,(H,22,25). The summed E-state index contributed by atoms with van der Waals surface area (Å²) in [4.78, 5) is 17.4. The molecule has 0 radical (unpaired) electrons. The molecule has 0 aliphatic heterocycles. The molecule has 1 heterocycles. The topological polar surface area (TPSA) is 46.9 Å². The highest BCUT2D eigenvalue weighted by Crippen LogP contribution is 2.25. The molecular weight excluding hydrogens is 310 g/mol. The summed E-state index contributed by atoms with van der Waals surface area (Å²) in [5, 5.41) is 3.18. The van der Waals surface area contributed by atoms with E-state index in [1.807, 2.05) is 34.9 Å². The van der Waals surface area contributed by atoms with E-state index in [4.69, 9.17) is 4.98 Å². The van der Waals surface area contributed by atoms with Gasteiger partial charge in [-0.3, -0.25) is 4.79 Å². The van der Waals surface area contributed by atoms with Gasteiger partial charge in [0, 0.05) is 11.6 Å². The summed E-state index contributed by atoms with van der Waals surface area (Å²) in [6.45, 7) is 2.38. The van der Waals surface area contributed by atoms with Crippen LogP contribution < -0.4 is 5.32 Å². The van der Waals surface area contributed by atoms with Gasteiger partial charge in [-0.15, -0.1) is 0 Å². The second-order valence-corrected chi connectivity index (χ2v) is 6.93. The number of aryl methyl sites for hydroxylation is 1. The molecule has 4 rings (SSSR count). The van der Waals surface area contributed by atoms with Gasteiger partial charge in [-0.1, -0.05) is 48.7 Å². The molecule has 1 amide bonds. The molecule has 4 nitrogen and oxygen atoms in total. The lowest BCUT2D eigenvalue weighted by atomic mass is 10.1. The fourth-order valence-electron chi connectivity index (χ4n) is 3.73. The smallest absolute Gasteiger partial charge is 0.240 e. The van der Waals surface area contributed by atoms with E-state index in [0.717, 1.165) is 35.3 Å². The van der Waals surface area contributed by atoms with Crippen LogP contribution in [0.15, 0.2) is 48.5 Å². The van der Waals surface area contributed by atoms with Crippen molar-refractivity contribution in [3.8, 4) is 11.4 Å². The zero-order valence-corrected chi connectivity index (χ0v) is 14.5. The molecule has 1 saturated carbocycles. The number of amides is 1. The minimum absolute atomic E-state index is 0.0731. The maximum atomic E-state index is 12.6. The van der Waals surface area contributed by atoms with Gasteiger partial charge >= 0.3 is 0 Å². The number of carbonyl (C=O) groups is 1. The van der Waals surface area contributed by atoms with Crippen LogP contribution in [0.1, 0.15) is 31.2 Å². The third-order valence-electron chi connectivity index (χ3n) is 4.95. The first-order valence-corrected chi connectivity index (χ1v) is 9.02. The molecule has 0 spiro atoms. The van der Waals surface area contributed by atoms with Crippen molar-refractivity contribution in [2.75, 3.05) is 0 Å². The van der Waals surface area contributed by atoms with Crippen molar-refractivity contribution < 1.29 is 4.79 Å². The van der Waals surface area contributed by atoms with Crippen molar-refractivity contribution in [3.63, 3.8) is 0 Å². The Bertz CT molecular complexity index is 906. The lowest BCUT2D eigenvalue weighted by molar-refractivity contribution is -0.122. The molecule has 0 bridgehead atoms. The molecule has 1 fully saturated rings. The maximum Gasteiger partial charge on any atom is 0.240 e. The molecule has 128 valence electrons. The number of aromatic nitrogens is 2. The van der Waals surface area contributed by atoms with Crippen LogP contribution in [0.4, 0.5) is 0 Å². The second kappa shape index (κ2) is 6.71. The van der Waals surface area contributed by atoms with Crippen LogP contribution in [0.3, 0.4) is 0 Å². The predicted molar refractivity (Wildman–Crippen MR) is 100 cm³/mol. The summed E-state index contributed by atoms with van der Waals surface area (Å²) >= 11 is 0. The molecule has 25 heavy (non-hydrogen) atoms. The summed E-state index contributed by atoms with van der Waals surface area (Å²) in [7, 11) is 0. The molecule has 2 aromatic carbocycles. The number of nitrogens with zero attached hydrogens (tertiary/aromatic N) is 2. The monoisotopic (exact) mass is 333 g/mol. The molecule has 4 heteroatoms. The van der Waals surface area contributed by atoms with Crippen LogP contribution in [-0.4, -0.2) is 21.5 Å². The zero-order chi connectivity index (χ0) is 17.2. The van der Waals surface area contributed by atoms with Gasteiger partial charge in [0.15, 0.2) is 0 Å². The number of hydrogen-bond acceptors (Lipinski definition) is 2. The fourth-order valence-corrected chi connectivity index (χ4v) is 3.73. The summed E-state index contributed by atoms with van der Waals surface area (Å²) in [5.41, 5.74) is 4.16. The van der Waals surface area contributed by atoms with E-state index in [2.05, 4.69) is 30.4 Å². The Labute approximate surface area is 147 Å². The first kappa shape index (κ1) is 15.9. The van der Waals surface area contributed by atoms with Gasteiger partial charge in [0.05, 0.1) is 11.0 Å². The van der Waals surface area contributed by atoms with Gasteiger partial charge in [0.1, 0.15) is 12.4 Å². The Morgan fingerprint density at radius 3 is 2.76 bits per heavy atom. The largest absolute Gasteiger partial charge is 0.352 e. The van der Waals surface area contributed by atoms with Crippen LogP contribution >= 0.6 is 0 Å². The number of nitrogens with one attached hydrogen (secondary N) is 1. The van der Waals surface area contributed by atoms with Crippen LogP contribution in [0.5, 0.6) is 0 Å². The lowest BCUT2D eigenvalue weighted by Gasteiger charge is -2.14. The number of carbonyl (C=O) groups excluding carboxylic acids is 1. The van der Waals surface area contributed by atoms with Gasteiger partial charge in [0.2, 0.25) is 5.91 Å². The Balaban J connectivity index is 1.70.